The van der Waals surface area contributed by atoms with Crippen molar-refractivity contribution in [2.45, 2.75) is 24.8 Å². The molecule has 1 aliphatic carbocycles. The summed E-state index contributed by atoms with van der Waals surface area (Å²) in [6, 6.07) is 8.09. The topological polar surface area (TPSA) is 26.0 Å². The largest absolute Gasteiger partial charge is 0.325 e. The molecule has 2 rings (SSSR count). The number of nitrogens with two attached hydrogens (primary N) is 1. The summed E-state index contributed by atoms with van der Waals surface area (Å²) in [5.74, 6) is 2.60. The smallest absolute Gasteiger partial charge is 0.0242 e. The zero-order chi connectivity index (χ0) is 9.31. The SMILES string of the molecule is C#Cc1ccc(CC2(N)CC2)cc1. The van der Waals surface area contributed by atoms with Gasteiger partial charge in [0.15, 0.2) is 0 Å². The number of terminal acetylenes is 1. The van der Waals surface area contributed by atoms with Gasteiger partial charge >= 0.3 is 0 Å². The fourth-order valence-electron chi connectivity index (χ4n) is 1.46. The highest BCUT2D eigenvalue weighted by atomic mass is 14.8. The lowest BCUT2D eigenvalue weighted by Gasteiger charge is -2.07. The van der Waals surface area contributed by atoms with Crippen LogP contribution in [0.2, 0.25) is 0 Å². The first-order valence-corrected chi connectivity index (χ1v) is 4.56. The standard InChI is InChI=1S/C12H13N/c1-2-10-3-5-11(6-4-10)9-12(13)7-8-12/h1,3-6H,7-9,13H2. The van der Waals surface area contributed by atoms with Crippen molar-refractivity contribution < 1.29 is 0 Å². The highest BCUT2D eigenvalue weighted by Crippen LogP contribution is 2.35. The molecule has 1 aromatic rings. The average Bonchev–Trinajstić information content (AvgIpc) is 2.85. The monoisotopic (exact) mass is 171 g/mol. The Labute approximate surface area is 79.0 Å². The van der Waals surface area contributed by atoms with E-state index >= 15 is 0 Å². The molecule has 2 N–H and O–H groups in total. The van der Waals surface area contributed by atoms with Gasteiger partial charge in [-0.25, -0.2) is 0 Å². The molecule has 1 fully saturated rings. The number of benzene rings is 1. The third-order valence-electron chi connectivity index (χ3n) is 2.57. The van der Waals surface area contributed by atoms with Crippen molar-refractivity contribution in [1.82, 2.24) is 0 Å². The van der Waals surface area contributed by atoms with E-state index in [9.17, 15) is 0 Å². The highest BCUT2D eigenvalue weighted by Gasteiger charge is 2.37. The predicted molar refractivity (Wildman–Crippen MR) is 54.2 cm³/mol. The summed E-state index contributed by atoms with van der Waals surface area (Å²) < 4.78 is 0. The molecule has 1 nitrogen and oxygen atoms in total. The molecule has 1 aromatic carbocycles. The molecule has 66 valence electrons. The van der Waals surface area contributed by atoms with Crippen molar-refractivity contribution >= 4 is 0 Å². The summed E-state index contributed by atoms with van der Waals surface area (Å²) in [5.41, 5.74) is 8.33. The van der Waals surface area contributed by atoms with E-state index in [4.69, 9.17) is 12.2 Å². The molecule has 1 aliphatic rings. The second kappa shape index (κ2) is 2.90. The first kappa shape index (κ1) is 8.34. The Morgan fingerprint density at radius 1 is 1.31 bits per heavy atom. The molecular weight excluding hydrogens is 158 g/mol. The van der Waals surface area contributed by atoms with E-state index in [0.29, 0.717) is 0 Å². The predicted octanol–water partition coefficient (Wildman–Crippen LogP) is 1.70. The maximum atomic E-state index is 6.01. The van der Waals surface area contributed by atoms with E-state index in [2.05, 4.69) is 18.1 Å². The van der Waals surface area contributed by atoms with E-state index < -0.39 is 0 Å². The van der Waals surface area contributed by atoms with Gasteiger partial charge < -0.3 is 5.73 Å². The van der Waals surface area contributed by atoms with Crippen molar-refractivity contribution in [3.05, 3.63) is 35.4 Å². The van der Waals surface area contributed by atoms with Crippen LogP contribution in [0.5, 0.6) is 0 Å². The van der Waals surface area contributed by atoms with Gasteiger partial charge in [0.05, 0.1) is 0 Å². The Balaban J connectivity index is 2.10. The molecule has 0 atom stereocenters. The van der Waals surface area contributed by atoms with Crippen LogP contribution in [-0.2, 0) is 6.42 Å². The number of hydrogen-bond donors (Lipinski definition) is 1. The minimum atomic E-state index is 0.0949. The Morgan fingerprint density at radius 2 is 1.92 bits per heavy atom. The third kappa shape index (κ3) is 1.91. The highest BCUT2D eigenvalue weighted by molar-refractivity contribution is 5.35. The molecular formula is C12H13N. The lowest BCUT2D eigenvalue weighted by Crippen LogP contribution is -2.24. The summed E-state index contributed by atoms with van der Waals surface area (Å²) in [6.07, 6.45) is 8.56. The number of rotatable bonds is 2. The van der Waals surface area contributed by atoms with Crippen molar-refractivity contribution in [3.8, 4) is 12.3 Å². The van der Waals surface area contributed by atoms with Crippen molar-refractivity contribution in [1.29, 1.82) is 0 Å². The summed E-state index contributed by atoms with van der Waals surface area (Å²) >= 11 is 0. The van der Waals surface area contributed by atoms with Crippen LogP contribution in [0.1, 0.15) is 24.0 Å². The molecule has 0 radical (unpaired) electrons. The van der Waals surface area contributed by atoms with Gasteiger partial charge in [0.1, 0.15) is 0 Å². The lowest BCUT2D eigenvalue weighted by molar-refractivity contribution is 0.672. The van der Waals surface area contributed by atoms with Crippen molar-refractivity contribution in [3.63, 3.8) is 0 Å². The molecule has 13 heavy (non-hydrogen) atoms. The van der Waals surface area contributed by atoms with E-state index in [1.54, 1.807) is 0 Å². The molecule has 0 bridgehead atoms. The van der Waals surface area contributed by atoms with Gasteiger partial charge in [0, 0.05) is 11.1 Å². The molecule has 0 saturated heterocycles. The van der Waals surface area contributed by atoms with Gasteiger partial charge in [-0.1, -0.05) is 18.1 Å². The maximum Gasteiger partial charge on any atom is 0.0242 e. The molecule has 0 amide bonds. The Kier molecular flexibility index (Phi) is 1.86. The summed E-state index contributed by atoms with van der Waals surface area (Å²) in [6.45, 7) is 0. The Bertz CT molecular complexity index is 338. The zero-order valence-electron chi connectivity index (χ0n) is 7.59. The van der Waals surface area contributed by atoms with Gasteiger partial charge in [-0.15, -0.1) is 6.42 Å². The molecule has 0 unspecified atom stereocenters. The molecule has 0 spiro atoms. The van der Waals surface area contributed by atoms with E-state index in [1.807, 2.05) is 12.1 Å². The van der Waals surface area contributed by atoms with E-state index in [0.717, 1.165) is 24.8 Å². The van der Waals surface area contributed by atoms with E-state index in [-0.39, 0.29) is 5.54 Å². The zero-order valence-corrected chi connectivity index (χ0v) is 7.59. The first-order valence-electron chi connectivity index (χ1n) is 4.56. The molecule has 0 aromatic heterocycles. The minimum Gasteiger partial charge on any atom is -0.325 e. The second-order valence-electron chi connectivity index (χ2n) is 3.88. The normalized spacial score (nSPS) is 17.8. The van der Waals surface area contributed by atoms with Gasteiger partial charge in [-0.2, -0.15) is 0 Å². The number of hydrogen-bond acceptors (Lipinski definition) is 1. The lowest BCUT2D eigenvalue weighted by atomic mass is 10.0. The maximum absolute atomic E-state index is 6.01. The van der Waals surface area contributed by atoms with Crippen LogP contribution in [0.3, 0.4) is 0 Å². The summed E-state index contributed by atoms with van der Waals surface area (Å²) in [4.78, 5) is 0. The third-order valence-corrected chi connectivity index (χ3v) is 2.57. The fourth-order valence-corrected chi connectivity index (χ4v) is 1.46. The van der Waals surface area contributed by atoms with E-state index in [1.165, 1.54) is 5.56 Å². The Hall–Kier alpha value is -1.26. The van der Waals surface area contributed by atoms with Gasteiger partial charge in [-0.3, -0.25) is 0 Å². The van der Waals surface area contributed by atoms with Crippen LogP contribution < -0.4 is 5.73 Å². The average molecular weight is 171 g/mol. The Morgan fingerprint density at radius 3 is 2.38 bits per heavy atom. The van der Waals surface area contributed by atoms with Crippen molar-refractivity contribution in [2.24, 2.45) is 5.73 Å². The first-order chi connectivity index (χ1) is 6.22. The quantitative estimate of drug-likeness (QED) is 0.673. The summed E-state index contributed by atoms with van der Waals surface area (Å²) in [7, 11) is 0. The molecule has 1 saturated carbocycles. The van der Waals surface area contributed by atoms with Crippen LogP contribution >= 0.6 is 0 Å². The molecule has 0 aliphatic heterocycles. The molecule has 0 heterocycles. The van der Waals surface area contributed by atoms with Crippen LogP contribution in [0.25, 0.3) is 0 Å². The van der Waals surface area contributed by atoms with Crippen LogP contribution in [0.4, 0.5) is 0 Å². The van der Waals surface area contributed by atoms with Crippen molar-refractivity contribution in [2.75, 3.05) is 0 Å². The van der Waals surface area contributed by atoms with Gasteiger partial charge in [-0.05, 0) is 37.0 Å². The van der Waals surface area contributed by atoms with Crippen LogP contribution in [0.15, 0.2) is 24.3 Å². The van der Waals surface area contributed by atoms with Crippen LogP contribution in [0, 0.1) is 12.3 Å². The second-order valence-corrected chi connectivity index (χ2v) is 3.88. The minimum absolute atomic E-state index is 0.0949. The summed E-state index contributed by atoms with van der Waals surface area (Å²) in [5, 5.41) is 0. The van der Waals surface area contributed by atoms with Gasteiger partial charge in [0.2, 0.25) is 0 Å². The molecule has 1 heteroatoms. The van der Waals surface area contributed by atoms with Crippen LogP contribution in [-0.4, -0.2) is 5.54 Å². The fraction of sp³-hybridized carbons (Fsp3) is 0.333. The van der Waals surface area contributed by atoms with Gasteiger partial charge in [0.25, 0.3) is 0 Å².